The second-order valence-corrected chi connectivity index (χ2v) is 5.31. The van der Waals surface area contributed by atoms with E-state index in [2.05, 4.69) is 10.00 Å². The summed E-state index contributed by atoms with van der Waals surface area (Å²) in [5.41, 5.74) is 7.47. The molecule has 0 unspecified atom stereocenters. The van der Waals surface area contributed by atoms with Crippen molar-refractivity contribution in [3.63, 3.8) is 0 Å². The van der Waals surface area contributed by atoms with Crippen LogP contribution in [-0.2, 0) is 11.3 Å². The van der Waals surface area contributed by atoms with Crippen molar-refractivity contribution in [1.82, 2.24) is 9.78 Å². The number of piperidine rings is 1. The molecule has 2 aromatic rings. The lowest BCUT2D eigenvalue weighted by atomic mass is 10.1. The number of aldehydes is 1. The molecule has 1 aliphatic heterocycles. The Morgan fingerprint density at radius 1 is 1.29 bits per heavy atom. The van der Waals surface area contributed by atoms with Gasteiger partial charge in [-0.2, -0.15) is 5.10 Å². The summed E-state index contributed by atoms with van der Waals surface area (Å²) in [4.78, 5) is 24.6. The first-order chi connectivity index (χ1) is 10.2. The third-order valence-electron chi connectivity index (χ3n) is 3.94. The van der Waals surface area contributed by atoms with Gasteiger partial charge in [0, 0.05) is 24.2 Å². The summed E-state index contributed by atoms with van der Waals surface area (Å²) in [6.45, 7) is 2.17. The molecule has 0 saturated carbocycles. The van der Waals surface area contributed by atoms with E-state index < -0.39 is 5.91 Å². The number of nitrogens with zero attached hydrogens (tertiary/aromatic N) is 3. The number of benzene rings is 1. The molecule has 1 aromatic heterocycles. The van der Waals surface area contributed by atoms with E-state index >= 15 is 0 Å². The highest BCUT2D eigenvalue weighted by molar-refractivity contribution is 6.05. The molecule has 0 spiro atoms. The number of hydrogen-bond acceptors (Lipinski definition) is 4. The first-order valence-electron chi connectivity index (χ1n) is 7.19. The molecule has 0 radical (unpaired) electrons. The van der Waals surface area contributed by atoms with E-state index in [1.54, 1.807) is 0 Å². The second-order valence-electron chi connectivity index (χ2n) is 5.31. The van der Waals surface area contributed by atoms with Crippen LogP contribution in [-0.4, -0.2) is 35.1 Å². The summed E-state index contributed by atoms with van der Waals surface area (Å²) >= 11 is 0. The van der Waals surface area contributed by atoms with Crippen LogP contribution in [0.15, 0.2) is 18.2 Å². The Hall–Kier alpha value is -2.37. The van der Waals surface area contributed by atoms with Gasteiger partial charge in [0.1, 0.15) is 6.29 Å². The van der Waals surface area contributed by atoms with Crippen LogP contribution in [0, 0.1) is 0 Å². The van der Waals surface area contributed by atoms with E-state index in [1.165, 1.54) is 23.9 Å². The zero-order chi connectivity index (χ0) is 14.8. The van der Waals surface area contributed by atoms with Gasteiger partial charge in [0.2, 0.25) is 0 Å². The maximum Gasteiger partial charge on any atom is 0.269 e. The summed E-state index contributed by atoms with van der Waals surface area (Å²) in [7, 11) is 0. The predicted molar refractivity (Wildman–Crippen MR) is 80.4 cm³/mol. The van der Waals surface area contributed by atoms with Crippen molar-refractivity contribution < 1.29 is 9.59 Å². The zero-order valence-electron chi connectivity index (χ0n) is 11.8. The second kappa shape index (κ2) is 5.55. The topological polar surface area (TPSA) is 81.2 Å². The van der Waals surface area contributed by atoms with E-state index in [9.17, 15) is 9.59 Å². The van der Waals surface area contributed by atoms with Crippen LogP contribution in [0.2, 0.25) is 0 Å². The van der Waals surface area contributed by atoms with Crippen molar-refractivity contribution in [2.75, 3.05) is 18.0 Å². The molecule has 6 nitrogen and oxygen atoms in total. The summed E-state index contributed by atoms with van der Waals surface area (Å²) in [6.07, 6.45) is 4.40. The smallest absolute Gasteiger partial charge is 0.269 e. The maximum absolute atomic E-state index is 11.6. The molecule has 21 heavy (non-hydrogen) atoms. The lowest BCUT2D eigenvalue weighted by Crippen LogP contribution is -2.29. The lowest BCUT2D eigenvalue weighted by Gasteiger charge is -2.28. The molecule has 6 heteroatoms. The Balaban J connectivity index is 2.08. The predicted octanol–water partition coefficient (Wildman–Crippen LogP) is 1.32. The molecular formula is C15H18N4O2. The fourth-order valence-corrected chi connectivity index (χ4v) is 2.91. The molecule has 2 N–H and O–H groups in total. The Labute approximate surface area is 122 Å². The number of nitrogens with two attached hydrogens (primary N) is 1. The number of aromatic nitrogens is 2. The molecule has 2 heterocycles. The molecule has 0 atom stereocenters. The van der Waals surface area contributed by atoms with Crippen LogP contribution < -0.4 is 10.6 Å². The van der Waals surface area contributed by atoms with Crippen LogP contribution in [0.25, 0.3) is 10.9 Å². The van der Waals surface area contributed by atoms with E-state index in [-0.39, 0.29) is 12.2 Å². The number of rotatable bonds is 4. The SMILES string of the molecule is NC(=O)c1nn(CC=O)c2ccc(N3CCCCC3)cc12. The molecule has 110 valence electrons. The normalized spacial score (nSPS) is 15.3. The summed E-state index contributed by atoms with van der Waals surface area (Å²) in [6, 6.07) is 5.87. The molecule has 0 bridgehead atoms. The van der Waals surface area contributed by atoms with E-state index in [0.29, 0.717) is 5.39 Å². The third kappa shape index (κ3) is 2.49. The highest BCUT2D eigenvalue weighted by Gasteiger charge is 2.17. The van der Waals surface area contributed by atoms with Gasteiger partial charge in [-0.05, 0) is 37.5 Å². The van der Waals surface area contributed by atoms with Gasteiger partial charge in [-0.15, -0.1) is 0 Å². The standard InChI is InChI=1S/C15H18N4O2/c16-15(21)14-12-10-11(18-6-2-1-3-7-18)4-5-13(12)19(17-14)8-9-20/h4-5,9-10H,1-3,6-8H2,(H2,16,21). The van der Waals surface area contributed by atoms with Gasteiger partial charge >= 0.3 is 0 Å². The van der Waals surface area contributed by atoms with Crippen molar-refractivity contribution in [2.24, 2.45) is 5.73 Å². The van der Waals surface area contributed by atoms with Crippen molar-refractivity contribution in [3.05, 3.63) is 23.9 Å². The first kappa shape index (κ1) is 13.6. The average Bonchev–Trinajstić information content (AvgIpc) is 2.87. The van der Waals surface area contributed by atoms with E-state index in [1.807, 2.05) is 18.2 Å². The Kier molecular flexibility index (Phi) is 3.60. The third-order valence-corrected chi connectivity index (χ3v) is 3.94. The number of carbonyl (C=O) groups is 2. The highest BCUT2D eigenvalue weighted by atomic mass is 16.1. The minimum Gasteiger partial charge on any atom is -0.372 e. The van der Waals surface area contributed by atoms with E-state index in [4.69, 9.17) is 5.73 Å². The molecule has 1 aromatic carbocycles. The van der Waals surface area contributed by atoms with Crippen LogP contribution in [0.5, 0.6) is 0 Å². The molecule has 3 rings (SSSR count). The summed E-state index contributed by atoms with van der Waals surface area (Å²) in [5, 5.41) is 4.87. The fraction of sp³-hybridized carbons (Fsp3) is 0.400. The summed E-state index contributed by atoms with van der Waals surface area (Å²) < 4.78 is 1.52. The van der Waals surface area contributed by atoms with Crippen LogP contribution >= 0.6 is 0 Å². The molecule has 1 fully saturated rings. The largest absolute Gasteiger partial charge is 0.372 e. The first-order valence-corrected chi connectivity index (χ1v) is 7.19. The Morgan fingerprint density at radius 2 is 2.05 bits per heavy atom. The quantitative estimate of drug-likeness (QED) is 0.860. The van der Waals surface area contributed by atoms with Crippen molar-refractivity contribution in [3.8, 4) is 0 Å². The van der Waals surface area contributed by atoms with Crippen LogP contribution in [0.3, 0.4) is 0 Å². The zero-order valence-corrected chi connectivity index (χ0v) is 11.8. The van der Waals surface area contributed by atoms with Gasteiger partial charge in [-0.25, -0.2) is 0 Å². The molecule has 1 aliphatic rings. The number of primary amides is 1. The lowest BCUT2D eigenvalue weighted by molar-refractivity contribution is -0.108. The monoisotopic (exact) mass is 286 g/mol. The summed E-state index contributed by atoms with van der Waals surface area (Å²) in [5.74, 6) is -0.569. The number of fused-ring (bicyclic) bond motifs is 1. The van der Waals surface area contributed by atoms with Gasteiger partial charge in [0.25, 0.3) is 5.91 Å². The van der Waals surface area contributed by atoms with Crippen molar-refractivity contribution in [1.29, 1.82) is 0 Å². The minimum atomic E-state index is -0.569. The number of amides is 1. The molecule has 1 saturated heterocycles. The Morgan fingerprint density at radius 3 is 2.71 bits per heavy atom. The molecule has 0 aliphatic carbocycles. The van der Waals surface area contributed by atoms with Crippen molar-refractivity contribution >= 4 is 28.8 Å². The molecular weight excluding hydrogens is 268 g/mol. The maximum atomic E-state index is 11.6. The highest BCUT2D eigenvalue weighted by Crippen LogP contribution is 2.26. The van der Waals surface area contributed by atoms with Gasteiger partial charge in [0.05, 0.1) is 12.1 Å². The average molecular weight is 286 g/mol. The number of anilines is 1. The van der Waals surface area contributed by atoms with Crippen LogP contribution in [0.1, 0.15) is 29.8 Å². The number of carbonyl (C=O) groups excluding carboxylic acids is 2. The van der Waals surface area contributed by atoms with E-state index in [0.717, 1.165) is 30.6 Å². The van der Waals surface area contributed by atoms with Crippen molar-refractivity contribution in [2.45, 2.75) is 25.8 Å². The molecule has 1 amide bonds. The van der Waals surface area contributed by atoms with Gasteiger partial charge in [0.15, 0.2) is 5.69 Å². The Bertz CT molecular complexity index is 686. The minimum absolute atomic E-state index is 0.118. The van der Waals surface area contributed by atoms with Crippen LogP contribution in [0.4, 0.5) is 5.69 Å². The number of hydrogen-bond donors (Lipinski definition) is 1. The van der Waals surface area contributed by atoms with Gasteiger partial charge in [-0.3, -0.25) is 9.48 Å². The fourth-order valence-electron chi connectivity index (χ4n) is 2.91. The van der Waals surface area contributed by atoms with Gasteiger partial charge in [-0.1, -0.05) is 0 Å². The van der Waals surface area contributed by atoms with Gasteiger partial charge < -0.3 is 15.4 Å².